The number of nitrogens with zero attached hydrogens (tertiary/aromatic N) is 1. The van der Waals surface area contributed by atoms with Crippen LogP contribution in [0.25, 0.3) is 11.3 Å². The number of aldehydes is 1. The van der Waals surface area contributed by atoms with Gasteiger partial charge in [0.05, 0.1) is 12.8 Å². The largest absolute Gasteiger partial charge is 0.496 e. The van der Waals surface area contributed by atoms with Crippen LogP contribution in [0.1, 0.15) is 10.4 Å². The molecule has 0 radical (unpaired) electrons. The molecule has 0 atom stereocenters. The van der Waals surface area contributed by atoms with E-state index in [0.29, 0.717) is 28.9 Å². The molecule has 2 rings (SSSR count). The van der Waals surface area contributed by atoms with Crippen molar-refractivity contribution in [1.82, 2.24) is 4.98 Å². The first-order valence-corrected chi connectivity index (χ1v) is 4.99. The van der Waals surface area contributed by atoms with Gasteiger partial charge in [0, 0.05) is 17.3 Å². The van der Waals surface area contributed by atoms with Crippen LogP contribution in [0, 0.1) is 5.82 Å². The van der Waals surface area contributed by atoms with Crippen molar-refractivity contribution in [1.29, 1.82) is 0 Å². The van der Waals surface area contributed by atoms with Gasteiger partial charge in [0.2, 0.25) is 0 Å². The van der Waals surface area contributed by atoms with Crippen LogP contribution in [0.2, 0.25) is 0 Å². The first kappa shape index (κ1) is 11.3. The number of hydrogen-bond donors (Lipinski definition) is 0. The Morgan fingerprint density at radius 3 is 2.71 bits per heavy atom. The average molecular weight is 231 g/mol. The van der Waals surface area contributed by atoms with Crippen LogP contribution in [-0.4, -0.2) is 18.4 Å². The summed E-state index contributed by atoms with van der Waals surface area (Å²) in [5, 5.41) is 0. The highest BCUT2D eigenvalue weighted by Crippen LogP contribution is 2.28. The van der Waals surface area contributed by atoms with E-state index >= 15 is 0 Å². The molecule has 3 nitrogen and oxygen atoms in total. The van der Waals surface area contributed by atoms with E-state index in [9.17, 15) is 9.18 Å². The van der Waals surface area contributed by atoms with Crippen LogP contribution in [0.4, 0.5) is 4.39 Å². The Morgan fingerprint density at radius 1 is 1.29 bits per heavy atom. The monoisotopic (exact) mass is 231 g/mol. The molecule has 0 saturated heterocycles. The minimum Gasteiger partial charge on any atom is -0.496 e. The number of halogens is 1. The third-order valence-electron chi connectivity index (χ3n) is 2.36. The molecule has 0 aliphatic carbocycles. The van der Waals surface area contributed by atoms with Gasteiger partial charge >= 0.3 is 0 Å². The molecule has 17 heavy (non-hydrogen) atoms. The molecule has 86 valence electrons. The minimum atomic E-state index is -0.359. The molecule has 0 fully saturated rings. The van der Waals surface area contributed by atoms with E-state index in [0.717, 1.165) is 0 Å². The fourth-order valence-corrected chi connectivity index (χ4v) is 1.51. The normalized spacial score (nSPS) is 10.0. The number of carbonyl (C=O) groups excluding carboxylic acids is 1. The second-order valence-corrected chi connectivity index (χ2v) is 3.44. The molecular formula is C13H10FNO2. The van der Waals surface area contributed by atoms with Gasteiger partial charge in [-0.1, -0.05) is 0 Å². The Kier molecular flexibility index (Phi) is 3.14. The first-order chi connectivity index (χ1) is 8.24. The summed E-state index contributed by atoms with van der Waals surface area (Å²) in [6, 6.07) is 7.49. The van der Waals surface area contributed by atoms with Gasteiger partial charge in [-0.05, 0) is 30.3 Å². The Balaban J connectivity index is 2.50. The van der Waals surface area contributed by atoms with Gasteiger partial charge in [-0.25, -0.2) is 4.39 Å². The second kappa shape index (κ2) is 4.74. The fraction of sp³-hybridized carbons (Fsp3) is 0.0769. The highest BCUT2D eigenvalue weighted by Gasteiger charge is 2.08. The molecule has 1 aromatic carbocycles. The Morgan fingerprint density at radius 2 is 2.12 bits per heavy atom. The third kappa shape index (κ3) is 2.30. The smallest absolute Gasteiger partial charge is 0.151 e. The molecule has 0 saturated carbocycles. The lowest BCUT2D eigenvalue weighted by Gasteiger charge is -2.07. The maximum atomic E-state index is 13.2. The summed E-state index contributed by atoms with van der Waals surface area (Å²) in [4.78, 5) is 14.6. The molecule has 0 spiro atoms. The zero-order valence-corrected chi connectivity index (χ0v) is 9.18. The number of benzene rings is 1. The highest BCUT2D eigenvalue weighted by molar-refractivity contribution is 5.76. The summed E-state index contributed by atoms with van der Waals surface area (Å²) >= 11 is 0. The first-order valence-electron chi connectivity index (χ1n) is 4.99. The lowest BCUT2D eigenvalue weighted by Crippen LogP contribution is -1.92. The predicted octanol–water partition coefficient (Wildman–Crippen LogP) is 2.71. The van der Waals surface area contributed by atoms with E-state index in [1.165, 1.54) is 25.4 Å². The number of methoxy groups -OCH3 is 1. The molecule has 2 aromatic rings. The molecule has 1 aromatic heterocycles. The maximum Gasteiger partial charge on any atom is 0.151 e. The average Bonchev–Trinajstić information content (AvgIpc) is 2.39. The minimum absolute atomic E-state index is 0.359. The van der Waals surface area contributed by atoms with Crippen LogP contribution in [-0.2, 0) is 0 Å². The zero-order valence-electron chi connectivity index (χ0n) is 9.18. The molecule has 0 aliphatic heterocycles. The van der Waals surface area contributed by atoms with Crippen LogP contribution in [0.3, 0.4) is 0 Å². The predicted molar refractivity (Wildman–Crippen MR) is 61.6 cm³/mol. The molecular weight excluding hydrogens is 221 g/mol. The number of pyridine rings is 1. The second-order valence-electron chi connectivity index (χ2n) is 3.44. The van der Waals surface area contributed by atoms with Crippen LogP contribution >= 0.6 is 0 Å². The highest BCUT2D eigenvalue weighted by atomic mass is 19.1. The fourth-order valence-electron chi connectivity index (χ4n) is 1.51. The lowest BCUT2D eigenvalue weighted by molar-refractivity contribution is 0.112. The van der Waals surface area contributed by atoms with Gasteiger partial charge in [0.15, 0.2) is 6.29 Å². The van der Waals surface area contributed by atoms with Crippen molar-refractivity contribution in [3.8, 4) is 17.0 Å². The van der Waals surface area contributed by atoms with Gasteiger partial charge in [0.25, 0.3) is 0 Å². The Labute approximate surface area is 97.9 Å². The van der Waals surface area contributed by atoms with Gasteiger partial charge in [-0.3, -0.25) is 9.78 Å². The number of aromatic nitrogens is 1. The van der Waals surface area contributed by atoms with Gasteiger partial charge in [-0.15, -0.1) is 0 Å². The summed E-state index contributed by atoms with van der Waals surface area (Å²) in [6.07, 6.45) is 2.15. The third-order valence-corrected chi connectivity index (χ3v) is 2.36. The van der Waals surface area contributed by atoms with Crippen molar-refractivity contribution >= 4 is 6.29 Å². The topological polar surface area (TPSA) is 39.2 Å². The van der Waals surface area contributed by atoms with Crippen molar-refractivity contribution in [2.24, 2.45) is 0 Å². The van der Waals surface area contributed by atoms with Crippen molar-refractivity contribution in [3.05, 3.63) is 47.9 Å². The van der Waals surface area contributed by atoms with E-state index in [1.54, 1.807) is 18.2 Å². The molecule has 0 bridgehead atoms. The molecule has 0 amide bonds. The van der Waals surface area contributed by atoms with E-state index in [-0.39, 0.29) is 5.82 Å². The van der Waals surface area contributed by atoms with Gasteiger partial charge < -0.3 is 4.74 Å². The summed E-state index contributed by atoms with van der Waals surface area (Å²) in [6.45, 7) is 0. The maximum absolute atomic E-state index is 13.2. The molecule has 0 unspecified atom stereocenters. The van der Waals surface area contributed by atoms with Crippen molar-refractivity contribution in [3.63, 3.8) is 0 Å². The standard InChI is InChI=1S/C13H10FNO2/c1-17-13-5-3-10(14)6-11(13)12-4-2-9(8-16)7-15-12/h2-8H,1H3. The number of hydrogen-bond acceptors (Lipinski definition) is 3. The van der Waals surface area contributed by atoms with Crippen molar-refractivity contribution in [2.45, 2.75) is 0 Å². The Hall–Kier alpha value is -2.23. The number of ether oxygens (including phenoxy) is 1. The summed E-state index contributed by atoms with van der Waals surface area (Å²) in [5.41, 5.74) is 1.60. The van der Waals surface area contributed by atoms with Crippen LogP contribution in [0.15, 0.2) is 36.5 Å². The Bertz CT molecular complexity index is 538. The molecule has 0 N–H and O–H groups in total. The van der Waals surface area contributed by atoms with Crippen molar-refractivity contribution in [2.75, 3.05) is 7.11 Å². The van der Waals surface area contributed by atoms with E-state index < -0.39 is 0 Å². The number of carbonyl (C=O) groups is 1. The zero-order chi connectivity index (χ0) is 12.3. The quantitative estimate of drug-likeness (QED) is 0.762. The lowest BCUT2D eigenvalue weighted by atomic mass is 10.1. The van der Waals surface area contributed by atoms with E-state index in [1.807, 2.05) is 0 Å². The van der Waals surface area contributed by atoms with E-state index in [4.69, 9.17) is 4.74 Å². The van der Waals surface area contributed by atoms with Gasteiger partial charge in [0.1, 0.15) is 11.6 Å². The van der Waals surface area contributed by atoms with Crippen LogP contribution in [0.5, 0.6) is 5.75 Å². The summed E-state index contributed by atoms with van der Waals surface area (Å²) < 4.78 is 18.3. The van der Waals surface area contributed by atoms with Crippen molar-refractivity contribution < 1.29 is 13.9 Å². The molecule has 4 heteroatoms. The molecule has 1 heterocycles. The van der Waals surface area contributed by atoms with Crippen LogP contribution < -0.4 is 4.74 Å². The SMILES string of the molecule is COc1ccc(F)cc1-c1ccc(C=O)cn1. The number of rotatable bonds is 3. The molecule has 0 aliphatic rings. The van der Waals surface area contributed by atoms with E-state index in [2.05, 4.69) is 4.98 Å². The van der Waals surface area contributed by atoms with Gasteiger partial charge in [-0.2, -0.15) is 0 Å². The summed E-state index contributed by atoms with van der Waals surface area (Å²) in [7, 11) is 1.51. The summed E-state index contributed by atoms with van der Waals surface area (Å²) in [5.74, 6) is 0.180.